The summed E-state index contributed by atoms with van der Waals surface area (Å²) in [6, 6.07) is 6.97. The first-order valence-electron chi connectivity index (χ1n) is 8.10. The van der Waals surface area contributed by atoms with Crippen molar-refractivity contribution in [3.8, 4) is 11.5 Å². The average Bonchev–Trinajstić information content (AvgIpc) is 2.94. The number of hydrogen-bond donors (Lipinski definition) is 1. The van der Waals surface area contributed by atoms with Crippen molar-refractivity contribution in [3.63, 3.8) is 0 Å². The van der Waals surface area contributed by atoms with Crippen molar-refractivity contribution in [1.29, 1.82) is 0 Å². The van der Waals surface area contributed by atoms with Crippen molar-refractivity contribution in [2.75, 3.05) is 26.4 Å². The second-order valence-corrected chi connectivity index (χ2v) is 6.25. The van der Waals surface area contributed by atoms with Crippen LogP contribution in [0.2, 0.25) is 0 Å². The van der Waals surface area contributed by atoms with E-state index in [4.69, 9.17) is 9.47 Å². The van der Waals surface area contributed by atoms with Gasteiger partial charge in [0.15, 0.2) is 11.5 Å². The summed E-state index contributed by atoms with van der Waals surface area (Å²) in [6.07, 6.45) is 2.45. The Morgan fingerprint density at radius 3 is 2.95 bits per heavy atom. The zero-order chi connectivity index (χ0) is 14.7. The molecule has 4 heteroatoms. The lowest BCUT2D eigenvalue weighted by Crippen LogP contribution is -2.48. The van der Waals surface area contributed by atoms with Crippen molar-refractivity contribution in [1.82, 2.24) is 10.2 Å². The number of piperidine rings is 1. The molecule has 0 spiro atoms. The Morgan fingerprint density at radius 1 is 1.29 bits per heavy atom. The lowest BCUT2D eigenvalue weighted by atomic mass is 9.93. The molecule has 0 bridgehead atoms. The molecule has 2 aliphatic rings. The first-order chi connectivity index (χ1) is 10.3. The lowest BCUT2D eigenvalue weighted by Gasteiger charge is -2.37. The molecule has 0 aromatic heterocycles. The van der Waals surface area contributed by atoms with E-state index in [1.165, 1.54) is 24.9 Å². The summed E-state index contributed by atoms with van der Waals surface area (Å²) in [4.78, 5) is 2.55. The first-order valence-corrected chi connectivity index (χ1v) is 8.10. The minimum atomic E-state index is 0.352. The molecule has 1 aromatic carbocycles. The first kappa shape index (κ1) is 14.7. The van der Waals surface area contributed by atoms with E-state index < -0.39 is 0 Å². The van der Waals surface area contributed by atoms with Gasteiger partial charge in [-0.15, -0.1) is 0 Å². The van der Waals surface area contributed by atoms with Crippen molar-refractivity contribution in [2.24, 2.45) is 5.92 Å². The number of nitrogens with zero attached hydrogens (tertiary/aromatic N) is 1. The monoisotopic (exact) mass is 290 g/mol. The highest BCUT2D eigenvalue weighted by Gasteiger charge is 2.25. The number of ether oxygens (including phenoxy) is 2. The highest BCUT2D eigenvalue weighted by Crippen LogP contribution is 2.33. The molecule has 21 heavy (non-hydrogen) atoms. The molecular weight excluding hydrogens is 264 g/mol. The normalized spacial score (nSPS) is 25.2. The smallest absolute Gasteiger partial charge is 0.231 e. The third kappa shape index (κ3) is 3.50. The predicted molar refractivity (Wildman–Crippen MR) is 83.7 cm³/mol. The van der Waals surface area contributed by atoms with Crippen LogP contribution in [0.5, 0.6) is 11.5 Å². The molecule has 0 aliphatic carbocycles. The zero-order valence-corrected chi connectivity index (χ0v) is 13.1. The van der Waals surface area contributed by atoms with E-state index in [9.17, 15) is 0 Å². The van der Waals surface area contributed by atoms with Gasteiger partial charge in [0.2, 0.25) is 6.79 Å². The molecule has 2 heterocycles. The molecule has 2 aliphatic heterocycles. The highest BCUT2D eigenvalue weighted by molar-refractivity contribution is 5.44. The second-order valence-electron chi connectivity index (χ2n) is 6.25. The third-order valence-corrected chi connectivity index (χ3v) is 4.49. The van der Waals surface area contributed by atoms with Gasteiger partial charge >= 0.3 is 0 Å². The average molecular weight is 290 g/mol. The van der Waals surface area contributed by atoms with Crippen molar-refractivity contribution in [3.05, 3.63) is 23.8 Å². The Kier molecular flexibility index (Phi) is 4.66. The Balaban J connectivity index is 1.55. The van der Waals surface area contributed by atoms with Gasteiger partial charge in [-0.25, -0.2) is 0 Å². The molecule has 0 radical (unpaired) electrons. The fourth-order valence-corrected chi connectivity index (χ4v) is 3.31. The van der Waals surface area contributed by atoms with Gasteiger partial charge in [-0.1, -0.05) is 19.9 Å². The number of nitrogens with one attached hydrogen (secondary N) is 1. The Hall–Kier alpha value is -1.26. The Bertz CT molecular complexity index is 478. The van der Waals surface area contributed by atoms with Gasteiger partial charge in [0.1, 0.15) is 0 Å². The third-order valence-electron chi connectivity index (χ3n) is 4.49. The number of rotatable bonds is 5. The topological polar surface area (TPSA) is 33.7 Å². The largest absolute Gasteiger partial charge is 0.454 e. The van der Waals surface area contributed by atoms with Crippen LogP contribution in [0.4, 0.5) is 0 Å². The highest BCUT2D eigenvalue weighted by atomic mass is 16.7. The summed E-state index contributed by atoms with van der Waals surface area (Å²) in [5.74, 6) is 2.47. The van der Waals surface area contributed by atoms with E-state index in [-0.39, 0.29) is 0 Å². The van der Waals surface area contributed by atoms with Gasteiger partial charge < -0.3 is 14.8 Å². The van der Waals surface area contributed by atoms with Crippen LogP contribution in [-0.2, 0) is 6.54 Å². The van der Waals surface area contributed by atoms with Crippen molar-refractivity contribution in [2.45, 2.75) is 39.3 Å². The molecule has 1 N–H and O–H groups in total. The van der Waals surface area contributed by atoms with Crippen LogP contribution in [0.1, 0.15) is 32.3 Å². The van der Waals surface area contributed by atoms with E-state index in [0.717, 1.165) is 31.1 Å². The Labute approximate surface area is 127 Å². The van der Waals surface area contributed by atoms with Crippen LogP contribution in [0.15, 0.2) is 18.2 Å². The van der Waals surface area contributed by atoms with Crippen LogP contribution in [0, 0.1) is 5.92 Å². The van der Waals surface area contributed by atoms with Gasteiger partial charge in [-0.3, -0.25) is 4.90 Å². The molecule has 4 nitrogen and oxygen atoms in total. The summed E-state index contributed by atoms with van der Waals surface area (Å²) in [6.45, 7) is 9.41. The predicted octanol–water partition coefficient (Wildman–Crippen LogP) is 2.63. The molecule has 3 rings (SSSR count). The van der Waals surface area contributed by atoms with Crippen LogP contribution in [0.3, 0.4) is 0 Å². The van der Waals surface area contributed by atoms with Crippen LogP contribution in [-0.4, -0.2) is 37.4 Å². The van der Waals surface area contributed by atoms with E-state index in [0.29, 0.717) is 18.8 Å². The van der Waals surface area contributed by atoms with Gasteiger partial charge in [0.25, 0.3) is 0 Å². The number of hydrogen-bond acceptors (Lipinski definition) is 4. The number of fused-ring (bicyclic) bond motifs is 1. The van der Waals surface area contributed by atoms with Crippen molar-refractivity contribution >= 4 is 0 Å². The zero-order valence-electron chi connectivity index (χ0n) is 13.1. The molecule has 1 saturated heterocycles. The van der Waals surface area contributed by atoms with Crippen molar-refractivity contribution < 1.29 is 9.47 Å². The van der Waals surface area contributed by atoms with E-state index in [2.05, 4.69) is 36.2 Å². The maximum Gasteiger partial charge on any atom is 0.231 e. The standard InChI is InChI=1S/C17H26N2O2/c1-3-7-18-15-6-8-19(10-13(15)2)11-14-4-5-16-17(9-14)21-12-20-16/h4-5,9,13,15,18H,3,6-8,10-12H2,1-2H3. The van der Waals surface area contributed by atoms with Crippen LogP contribution >= 0.6 is 0 Å². The number of benzene rings is 1. The Morgan fingerprint density at radius 2 is 2.14 bits per heavy atom. The molecule has 0 saturated carbocycles. The second kappa shape index (κ2) is 6.67. The number of likely N-dealkylation sites (tertiary alicyclic amines) is 1. The molecule has 2 atom stereocenters. The lowest BCUT2D eigenvalue weighted by molar-refractivity contribution is 0.141. The molecule has 1 fully saturated rings. The summed E-state index contributed by atoms with van der Waals surface area (Å²) in [5.41, 5.74) is 1.31. The molecule has 116 valence electrons. The quantitative estimate of drug-likeness (QED) is 0.904. The summed E-state index contributed by atoms with van der Waals surface area (Å²) < 4.78 is 10.8. The fourth-order valence-electron chi connectivity index (χ4n) is 3.31. The maximum atomic E-state index is 5.46. The van der Waals surface area contributed by atoms with E-state index in [1.54, 1.807) is 0 Å². The van der Waals surface area contributed by atoms with Gasteiger partial charge in [-0.05, 0) is 49.5 Å². The minimum absolute atomic E-state index is 0.352. The molecule has 0 amide bonds. The van der Waals surface area contributed by atoms with E-state index >= 15 is 0 Å². The SMILES string of the molecule is CCCNC1CCN(Cc2ccc3c(c2)OCO3)CC1C. The van der Waals surface area contributed by atoms with Gasteiger partial charge in [-0.2, -0.15) is 0 Å². The minimum Gasteiger partial charge on any atom is -0.454 e. The van der Waals surface area contributed by atoms with Crippen LogP contribution < -0.4 is 14.8 Å². The van der Waals surface area contributed by atoms with Gasteiger partial charge in [0.05, 0.1) is 0 Å². The summed E-state index contributed by atoms with van der Waals surface area (Å²) in [7, 11) is 0. The maximum absolute atomic E-state index is 5.46. The summed E-state index contributed by atoms with van der Waals surface area (Å²) >= 11 is 0. The van der Waals surface area contributed by atoms with Gasteiger partial charge in [0, 0.05) is 19.1 Å². The molecule has 1 aromatic rings. The van der Waals surface area contributed by atoms with E-state index in [1.807, 2.05) is 6.07 Å². The fraction of sp³-hybridized carbons (Fsp3) is 0.647. The summed E-state index contributed by atoms with van der Waals surface area (Å²) in [5, 5.41) is 3.68. The molecule has 2 unspecified atom stereocenters. The van der Waals surface area contributed by atoms with Crippen LogP contribution in [0.25, 0.3) is 0 Å². The molecular formula is C17H26N2O2.